The van der Waals surface area contributed by atoms with Crippen molar-refractivity contribution in [3.8, 4) is 6.07 Å². The molecular formula is C13H18N4O. The Morgan fingerprint density at radius 2 is 2.33 bits per heavy atom. The molecule has 18 heavy (non-hydrogen) atoms. The van der Waals surface area contributed by atoms with E-state index in [9.17, 15) is 0 Å². The van der Waals surface area contributed by atoms with Crippen LogP contribution in [0.5, 0.6) is 0 Å². The van der Waals surface area contributed by atoms with Crippen LogP contribution in [0.3, 0.4) is 0 Å². The number of nitrogens with one attached hydrogen (secondary N) is 1. The van der Waals surface area contributed by atoms with Gasteiger partial charge >= 0.3 is 0 Å². The SMILES string of the molecule is CC(CN1CCOCC1)Nc1cc(C#N)ccn1. The number of rotatable bonds is 4. The van der Waals surface area contributed by atoms with E-state index in [2.05, 4.69) is 28.2 Å². The summed E-state index contributed by atoms with van der Waals surface area (Å²) in [5.74, 6) is 0.759. The smallest absolute Gasteiger partial charge is 0.127 e. The van der Waals surface area contributed by atoms with Gasteiger partial charge in [-0.05, 0) is 19.1 Å². The van der Waals surface area contributed by atoms with Crippen LogP contribution in [0.2, 0.25) is 0 Å². The van der Waals surface area contributed by atoms with Crippen molar-refractivity contribution >= 4 is 5.82 Å². The molecule has 0 spiro atoms. The number of hydrogen-bond donors (Lipinski definition) is 1. The van der Waals surface area contributed by atoms with Crippen molar-refractivity contribution in [2.45, 2.75) is 13.0 Å². The maximum Gasteiger partial charge on any atom is 0.127 e. The van der Waals surface area contributed by atoms with Gasteiger partial charge in [0.15, 0.2) is 0 Å². The van der Waals surface area contributed by atoms with E-state index in [1.54, 1.807) is 18.3 Å². The van der Waals surface area contributed by atoms with Crippen molar-refractivity contribution in [2.75, 3.05) is 38.2 Å². The van der Waals surface area contributed by atoms with Crippen LogP contribution in [0.4, 0.5) is 5.82 Å². The minimum atomic E-state index is 0.296. The highest BCUT2D eigenvalue weighted by atomic mass is 16.5. The van der Waals surface area contributed by atoms with Gasteiger partial charge in [-0.1, -0.05) is 0 Å². The van der Waals surface area contributed by atoms with E-state index in [1.807, 2.05) is 0 Å². The van der Waals surface area contributed by atoms with E-state index in [0.717, 1.165) is 38.7 Å². The largest absolute Gasteiger partial charge is 0.379 e. The van der Waals surface area contributed by atoms with Crippen molar-refractivity contribution in [3.05, 3.63) is 23.9 Å². The molecule has 1 aliphatic rings. The van der Waals surface area contributed by atoms with Gasteiger partial charge in [0.1, 0.15) is 5.82 Å². The van der Waals surface area contributed by atoms with E-state index in [0.29, 0.717) is 11.6 Å². The Hall–Kier alpha value is -1.64. The van der Waals surface area contributed by atoms with Crippen LogP contribution in [0.15, 0.2) is 18.3 Å². The quantitative estimate of drug-likeness (QED) is 0.861. The van der Waals surface area contributed by atoms with Gasteiger partial charge in [0.05, 0.1) is 24.8 Å². The van der Waals surface area contributed by atoms with E-state index < -0.39 is 0 Å². The lowest BCUT2D eigenvalue weighted by Crippen LogP contribution is -2.42. The molecule has 1 aromatic heterocycles. The van der Waals surface area contributed by atoms with Crippen molar-refractivity contribution in [2.24, 2.45) is 0 Å². The number of hydrogen-bond acceptors (Lipinski definition) is 5. The van der Waals surface area contributed by atoms with Crippen LogP contribution in [0, 0.1) is 11.3 Å². The van der Waals surface area contributed by atoms with Crippen LogP contribution in [0.25, 0.3) is 0 Å². The second-order valence-corrected chi connectivity index (χ2v) is 4.50. The van der Waals surface area contributed by atoms with Gasteiger partial charge in [0, 0.05) is 31.9 Å². The minimum absolute atomic E-state index is 0.296. The van der Waals surface area contributed by atoms with Gasteiger partial charge in [0.2, 0.25) is 0 Å². The van der Waals surface area contributed by atoms with E-state index in [-0.39, 0.29) is 0 Å². The topological polar surface area (TPSA) is 61.2 Å². The fourth-order valence-electron chi connectivity index (χ4n) is 2.05. The van der Waals surface area contributed by atoms with Gasteiger partial charge in [-0.15, -0.1) is 0 Å². The first kappa shape index (κ1) is 12.8. The molecule has 1 saturated heterocycles. The number of ether oxygens (including phenoxy) is 1. The molecule has 0 amide bonds. The highest BCUT2D eigenvalue weighted by molar-refractivity contribution is 5.42. The zero-order valence-corrected chi connectivity index (χ0v) is 10.6. The third-order valence-corrected chi connectivity index (χ3v) is 2.92. The summed E-state index contributed by atoms with van der Waals surface area (Å²) >= 11 is 0. The fourth-order valence-corrected chi connectivity index (χ4v) is 2.05. The molecule has 1 unspecified atom stereocenters. The summed E-state index contributed by atoms with van der Waals surface area (Å²) in [5.41, 5.74) is 0.631. The predicted octanol–water partition coefficient (Wildman–Crippen LogP) is 1.09. The molecular weight excluding hydrogens is 228 g/mol. The molecule has 1 atom stereocenters. The van der Waals surface area contributed by atoms with Crippen LogP contribution in [-0.4, -0.2) is 48.8 Å². The molecule has 1 aromatic rings. The Balaban J connectivity index is 1.86. The normalized spacial score (nSPS) is 18.0. The summed E-state index contributed by atoms with van der Waals surface area (Å²) in [7, 11) is 0. The molecule has 0 saturated carbocycles. The van der Waals surface area contributed by atoms with Gasteiger partial charge in [0.25, 0.3) is 0 Å². The molecule has 5 heteroatoms. The molecule has 0 bridgehead atoms. The van der Waals surface area contributed by atoms with Crippen molar-refractivity contribution < 1.29 is 4.74 Å². The number of pyridine rings is 1. The molecule has 96 valence electrons. The number of anilines is 1. The molecule has 0 aromatic carbocycles. The number of nitriles is 1. The van der Waals surface area contributed by atoms with Gasteiger partial charge in [-0.3, -0.25) is 4.90 Å². The minimum Gasteiger partial charge on any atom is -0.379 e. The second kappa shape index (κ2) is 6.34. The molecule has 5 nitrogen and oxygen atoms in total. The predicted molar refractivity (Wildman–Crippen MR) is 69.3 cm³/mol. The average molecular weight is 246 g/mol. The first-order valence-corrected chi connectivity index (χ1v) is 6.21. The summed E-state index contributed by atoms with van der Waals surface area (Å²) in [4.78, 5) is 6.59. The Kier molecular flexibility index (Phi) is 4.51. The highest BCUT2D eigenvalue weighted by Gasteiger charge is 2.13. The summed E-state index contributed by atoms with van der Waals surface area (Å²) in [5, 5.41) is 12.1. The average Bonchev–Trinajstić information content (AvgIpc) is 2.40. The lowest BCUT2D eigenvalue weighted by atomic mass is 10.2. The molecule has 1 N–H and O–H groups in total. The van der Waals surface area contributed by atoms with Crippen LogP contribution < -0.4 is 5.32 Å². The van der Waals surface area contributed by atoms with E-state index in [4.69, 9.17) is 10.00 Å². The zero-order valence-electron chi connectivity index (χ0n) is 10.6. The van der Waals surface area contributed by atoms with Crippen molar-refractivity contribution in [1.82, 2.24) is 9.88 Å². The first-order valence-electron chi connectivity index (χ1n) is 6.21. The fraction of sp³-hybridized carbons (Fsp3) is 0.538. The van der Waals surface area contributed by atoms with Gasteiger partial charge in [-0.25, -0.2) is 4.98 Å². The Labute approximate surface area is 107 Å². The first-order chi connectivity index (χ1) is 8.78. The molecule has 2 rings (SSSR count). The van der Waals surface area contributed by atoms with Crippen molar-refractivity contribution in [1.29, 1.82) is 5.26 Å². The zero-order chi connectivity index (χ0) is 12.8. The molecule has 1 aliphatic heterocycles. The molecule has 2 heterocycles. The summed E-state index contributed by atoms with van der Waals surface area (Å²) in [6, 6.07) is 5.89. The van der Waals surface area contributed by atoms with E-state index in [1.165, 1.54) is 0 Å². The summed E-state index contributed by atoms with van der Waals surface area (Å²) in [6.45, 7) is 6.68. The maximum atomic E-state index is 8.83. The third-order valence-electron chi connectivity index (χ3n) is 2.92. The lowest BCUT2D eigenvalue weighted by Gasteiger charge is -2.29. The maximum absolute atomic E-state index is 8.83. The second-order valence-electron chi connectivity index (χ2n) is 4.50. The summed E-state index contributed by atoms with van der Waals surface area (Å²) in [6.07, 6.45) is 1.66. The van der Waals surface area contributed by atoms with Gasteiger partial charge in [-0.2, -0.15) is 5.26 Å². The molecule has 1 fully saturated rings. The number of aromatic nitrogens is 1. The monoisotopic (exact) mass is 246 g/mol. The Morgan fingerprint density at radius 1 is 1.56 bits per heavy atom. The third kappa shape index (κ3) is 3.69. The van der Waals surface area contributed by atoms with Crippen LogP contribution >= 0.6 is 0 Å². The Bertz CT molecular complexity index is 423. The Morgan fingerprint density at radius 3 is 3.06 bits per heavy atom. The van der Waals surface area contributed by atoms with Crippen LogP contribution in [0.1, 0.15) is 12.5 Å². The van der Waals surface area contributed by atoms with Crippen LogP contribution in [-0.2, 0) is 4.74 Å². The summed E-state index contributed by atoms with van der Waals surface area (Å²) < 4.78 is 5.32. The highest BCUT2D eigenvalue weighted by Crippen LogP contribution is 2.08. The molecule has 0 radical (unpaired) electrons. The molecule has 0 aliphatic carbocycles. The lowest BCUT2D eigenvalue weighted by molar-refractivity contribution is 0.0368. The number of nitrogens with zero attached hydrogens (tertiary/aromatic N) is 3. The standard InChI is InChI=1S/C13H18N4O/c1-11(10-17-4-6-18-7-5-17)16-13-8-12(9-14)2-3-15-13/h2-3,8,11H,4-7,10H2,1H3,(H,15,16). The van der Waals surface area contributed by atoms with Gasteiger partial charge < -0.3 is 10.1 Å². The van der Waals surface area contributed by atoms with Crippen molar-refractivity contribution in [3.63, 3.8) is 0 Å². The van der Waals surface area contributed by atoms with E-state index >= 15 is 0 Å². The number of morpholine rings is 1.